The van der Waals surface area contributed by atoms with Gasteiger partial charge in [-0.25, -0.2) is 5.84 Å². The molecule has 0 saturated heterocycles. The molecule has 0 atom stereocenters. The van der Waals surface area contributed by atoms with E-state index < -0.39 is 0 Å². The van der Waals surface area contributed by atoms with Crippen molar-refractivity contribution in [2.45, 2.75) is 39.0 Å². The summed E-state index contributed by atoms with van der Waals surface area (Å²) >= 11 is 0. The molecule has 4 nitrogen and oxygen atoms in total. The van der Waals surface area contributed by atoms with E-state index in [2.05, 4.69) is 32.3 Å². The van der Waals surface area contributed by atoms with Crippen molar-refractivity contribution in [3.05, 3.63) is 29.3 Å². The van der Waals surface area contributed by atoms with E-state index in [1.165, 1.54) is 0 Å². The number of ether oxygens (including phenoxy) is 1. The van der Waals surface area contributed by atoms with Gasteiger partial charge in [-0.3, -0.25) is 10.2 Å². The van der Waals surface area contributed by atoms with E-state index in [1.807, 2.05) is 12.1 Å². The van der Waals surface area contributed by atoms with Crippen molar-refractivity contribution in [1.82, 2.24) is 5.43 Å². The first kappa shape index (κ1) is 14.5. The molecule has 1 amide bonds. The van der Waals surface area contributed by atoms with Crippen LogP contribution in [0.4, 0.5) is 0 Å². The largest absolute Gasteiger partial charge is 0.496 e. The number of hydrogen-bond donors (Lipinski definition) is 2. The Labute approximate surface area is 108 Å². The van der Waals surface area contributed by atoms with Gasteiger partial charge in [0.2, 0.25) is 5.91 Å². The first-order valence-electron chi connectivity index (χ1n) is 6.05. The summed E-state index contributed by atoms with van der Waals surface area (Å²) in [5.41, 5.74) is 4.41. The van der Waals surface area contributed by atoms with Crippen LogP contribution in [0.25, 0.3) is 0 Å². The molecule has 0 saturated carbocycles. The van der Waals surface area contributed by atoms with Gasteiger partial charge < -0.3 is 4.74 Å². The lowest BCUT2D eigenvalue weighted by Crippen LogP contribution is -2.30. The normalized spacial score (nSPS) is 11.2. The molecule has 0 unspecified atom stereocenters. The SMILES string of the molecule is COc1ccc(CCC(=O)NN)cc1C(C)(C)C. The summed E-state index contributed by atoms with van der Waals surface area (Å²) in [6.45, 7) is 6.42. The molecule has 0 aliphatic rings. The van der Waals surface area contributed by atoms with E-state index in [4.69, 9.17) is 10.6 Å². The maximum absolute atomic E-state index is 11.1. The van der Waals surface area contributed by atoms with Crippen LogP contribution in [-0.4, -0.2) is 13.0 Å². The third-order valence-corrected chi connectivity index (χ3v) is 2.87. The Hall–Kier alpha value is -1.55. The van der Waals surface area contributed by atoms with Crippen molar-refractivity contribution in [1.29, 1.82) is 0 Å². The van der Waals surface area contributed by atoms with E-state index in [-0.39, 0.29) is 11.3 Å². The summed E-state index contributed by atoms with van der Waals surface area (Å²) in [7, 11) is 1.67. The first-order valence-corrected chi connectivity index (χ1v) is 6.05. The Bertz CT molecular complexity index is 422. The van der Waals surface area contributed by atoms with Crippen molar-refractivity contribution >= 4 is 5.91 Å². The van der Waals surface area contributed by atoms with Gasteiger partial charge in [0.05, 0.1) is 7.11 Å². The predicted octanol–water partition coefficient (Wildman–Crippen LogP) is 1.92. The third kappa shape index (κ3) is 3.74. The van der Waals surface area contributed by atoms with E-state index in [0.717, 1.165) is 16.9 Å². The molecule has 0 aliphatic carbocycles. The van der Waals surface area contributed by atoms with Gasteiger partial charge in [-0.15, -0.1) is 0 Å². The Balaban J connectivity index is 2.93. The minimum atomic E-state index is -0.150. The Morgan fingerprint density at radius 1 is 1.39 bits per heavy atom. The van der Waals surface area contributed by atoms with E-state index in [0.29, 0.717) is 12.8 Å². The van der Waals surface area contributed by atoms with Gasteiger partial charge in [-0.2, -0.15) is 0 Å². The highest BCUT2D eigenvalue weighted by atomic mass is 16.5. The van der Waals surface area contributed by atoms with Gasteiger partial charge in [0.25, 0.3) is 0 Å². The van der Waals surface area contributed by atoms with Gasteiger partial charge in [0, 0.05) is 6.42 Å². The molecule has 3 N–H and O–H groups in total. The van der Waals surface area contributed by atoms with Crippen LogP contribution in [0.3, 0.4) is 0 Å². The van der Waals surface area contributed by atoms with Crippen LogP contribution in [-0.2, 0) is 16.6 Å². The summed E-state index contributed by atoms with van der Waals surface area (Å²) < 4.78 is 5.37. The molecule has 0 heterocycles. The number of nitrogens with one attached hydrogen (secondary N) is 1. The minimum absolute atomic E-state index is 0.0114. The van der Waals surface area contributed by atoms with Gasteiger partial charge >= 0.3 is 0 Å². The average molecular weight is 250 g/mol. The zero-order chi connectivity index (χ0) is 13.8. The highest BCUT2D eigenvalue weighted by Gasteiger charge is 2.19. The van der Waals surface area contributed by atoms with Gasteiger partial charge in [-0.05, 0) is 29.0 Å². The summed E-state index contributed by atoms with van der Waals surface area (Å²) in [5.74, 6) is 5.80. The third-order valence-electron chi connectivity index (χ3n) is 2.87. The van der Waals surface area contributed by atoms with Crippen molar-refractivity contribution in [2.24, 2.45) is 5.84 Å². The van der Waals surface area contributed by atoms with Gasteiger partial charge in [0.15, 0.2) is 0 Å². The van der Waals surface area contributed by atoms with Crippen molar-refractivity contribution in [2.75, 3.05) is 7.11 Å². The number of hydrazine groups is 1. The Morgan fingerprint density at radius 3 is 2.56 bits per heavy atom. The molecular weight excluding hydrogens is 228 g/mol. The zero-order valence-corrected chi connectivity index (χ0v) is 11.5. The quantitative estimate of drug-likeness (QED) is 0.487. The Kier molecular flexibility index (Phi) is 4.73. The van der Waals surface area contributed by atoms with Crippen LogP contribution < -0.4 is 16.0 Å². The molecular formula is C14H22N2O2. The predicted molar refractivity (Wildman–Crippen MR) is 72.3 cm³/mol. The first-order chi connectivity index (χ1) is 8.38. The monoisotopic (exact) mass is 250 g/mol. The van der Waals surface area contributed by atoms with E-state index in [1.54, 1.807) is 7.11 Å². The van der Waals surface area contributed by atoms with Crippen molar-refractivity contribution in [3.63, 3.8) is 0 Å². The zero-order valence-electron chi connectivity index (χ0n) is 11.5. The highest BCUT2D eigenvalue weighted by molar-refractivity contribution is 5.75. The number of carbonyl (C=O) groups excluding carboxylic acids is 1. The number of rotatable bonds is 4. The molecule has 100 valence electrons. The summed E-state index contributed by atoms with van der Waals surface area (Å²) in [6, 6.07) is 6.04. The maximum Gasteiger partial charge on any atom is 0.234 e. The maximum atomic E-state index is 11.1. The highest BCUT2D eigenvalue weighted by Crippen LogP contribution is 2.32. The standard InChI is InChI=1S/C14H22N2O2/c1-14(2,3)11-9-10(5-7-12(11)18-4)6-8-13(17)16-15/h5,7,9H,6,8,15H2,1-4H3,(H,16,17). The molecule has 1 aromatic carbocycles. The second-order valence-corrected chi connectivity index (χ2v) is 5.35. The molecule has 18 heavy (non-hydrogen) atoms. The number of amides is 1. The molecule has 0 aromatic heterocycles. The number of nitrogens with two attached hydrogens (primary N) is 1. The molecule has 4 heteroatoms. The fourth-order valence-electron chi connectivity index (χ4n) is 1.83. The van der Waals surface area contributed by atoms with Crippen molar-refractivity contribution < 1.29 is 9.53 Å². The average Bonchev–Trinajstić information content (AvgIpc) is 2.34. The van der Waals surface area contributed by atoms with Crippen LogP contribution >= 0.6 is 0 Å². The van der Waals surface area contributed by atoms with Crippen LogP contribution in [0.5, 0.6) is 5.75 Å². The van der Waals surface area contributed by atoms with E-state index >= 15 is 0 Å². The summed E-state index contributed by atoms with van der Waals surface area (Å²) in [6.07, 6.45) is 1.07. The minimum Gasteiger partial charge on any atom is -0.496 e. The Morgan fingerprint density at radius 2 is 2.06 bits per heavy atom. The van der Waals surface area contributed by atoms with Gasteiger partial charge in [-0.1, -0.05) is 32.9 Å². The van der Waals surface area contributed by atoms with Crippen LogP contribution in [0.2, 0.25) is 0 Å². The fraction of sp³-hybridized carbons (Fsp3) is 0.500. The smallest absolute Gasteiger partial charge is 0.234 e. The molecule has 0 spiro atoms. The van der Waals surface area contributed by atoms with Crippen LogP contribution in [0.1, 0.15) is 38.3 Å². The number of aryl methyl sites for hydroxylation is 1. The summed E-state index contributed by atoms with van der Waals surface area (Å²) in [5, 5.41) is 0. The van der Waals surface area contributed by atoms with Crippen molar-refractivity contribution in [3.8, 4) is 5.75 Å². The second-order valence-electron chi connectivity index (χ2n) is 5.35. The lowest BCUT2D eigenvalue weighted by molar-refractivity contribution is -0.121. The number of methoxy groups -OCH3 is 1. The molecule has 0 radical (unpaired) electrons. The fourth-order valence-corrected chi connectivity index (χ4v) is 1.83. The molecule has 1 rings (SSSR count). The lowest BCUT2D eigenvalue weighted by Gasteiger charge is -2.23. The molecule has 0 bridgehead atoms. The van der Waals surface area contributed by atoms with Crippen LogP contribution in [0, 0.1) is 0 Å². The van der Waals surface area contributed by atoms with Crippen LogP contribution in [0.15, 0.2) is 18.2 Å². The molecule has 0 fully saturated rings. The van der Waals surface area contributed by atoms with Gasteiger partial charge in [0.1, 0.15) is 5.75 Å². The molecule has 1 aromatic rings. The number of hydrogen-bond acceptors (Lipinski definition) is 3. The molecule has 0 aliphatic heterocycles. The topological polar surface area (TPSA) is 64.3 Å². The summed E-state index contributed by atoms with van der Waals surface area (Å²) in [4.78, 5) is 11.1. The van der Waals surface area contributed by atoms with E-state index in [9.17, 15) is 4.79 Å². The second kappa shape index (κ2) is 5.87. The number of carbonyl (C=O) groups is 1. The lowest BCUT2D eigenvalue weighted by atomic mass is 9.85. The number of benzene rings is 1.